The number of thiazole rings is 1. The number of anilines is 2. The van der Waals surface area contributed by atoms with Gasteiger partial charge in [0.15, 0.2) is 0 Å². The minimum atomic E-state index is 0.462. The van der Waals surface area contributed by atoms with E-state index in [2.05, 4.69) is 15.5 Å². The van der Waals surface area contributed by atoms with Crippen LogP contribution in [0.25, 0.3) is 0 Å². The lowest BCUT2D eigenvalue weighted by Crippen LogP contribution is -1.92. The van der Waals surface area contributed by atoms with E-state index in [0.29, 0.717) is 26.6 Å². The Kier molecular flexibility index (Phi) is 3.83. The van der Waals surface area contributed by atoms with Gasteiger partial charge < -0.3 is 5.73 Å². The molecule has 0 aliphatic heterocycles. The molecule has 3 N–H and O–H groups in total. The first kappa shape index (κ1) is 12.2. The second-order valence-electron chi connectivity index (χ2n) is 3.08. The molecule has 0 saturated heterocycles. The predicted octanol–water partition coefficient (Wildman–Crippen LogP) is 3.48. The van der Waals surface area contributed by atoms with Crippen LogP contribution in [0.3, 0.4) is 0 Å². The van der Waals surface area contributed by atoms with Crippen molar-refractivity contribution < 1.29 is 0 Å². The molecule has 1 heterocycles. The van der Waals surface area contributed by atoms with Crippen LogP contribution in [0.2, 0.25) is 10.0 Å². The van der Waals surface area contributed by atoms with Crippen LogP contribution in [-0.2, 0) is 0 Å². The Morgan fingerprint density at radius 2 is 2.06 bits per heavy atom. The molecule has 0 atom stereocenters. The number of nitrogens with zero attached hydrogens (tertiary/aromatic N) is 2. The first-order chi connectivity index (χ1) is 8.16. The quantitative estimate of drug-likeness (QED) is 0.671. The van der Waals surface area contributed by atoms with Gasteiger partial charge in [-0.05, 0) is 12.1 Å². The van der Waals surface area contributed by atoms with Gasteiger partial charge in [0.05, 0.1) is 16.3 Å². The Bertz CT molecular complexity index is 533. The fraction of sp³-hybridized carbons (Fsp3) is 0. The third kappa shape index (κ3) is 3.09. The molecular weight excluding hydrogens is 279 g/mol. The molecule has 0 aliphatic rings. The molecule has 4 nitrogen and oxygen atoms in total. The normalized spacial score (nSPS) is 10.9. The Hall–Kier alpha value is -1.30. The fourth-order valence-corrected chi connectivity index (χ4v) is 2.17. The summed E-state index contributed by atoms with van der Waals surface area (Å²) in [7, 11) is 0. The van der Waals surface area contributed by atoms with Crippen LogP contribution in [0.4, 0.5) is 10.9 Å². The van der Waals surface area contributed by atoms with Crippen molar-refractivity contribution in [1.29, 1.82) is 0 Å². The number of aromatic nitrogens is 1. The van der Waals surface area contributed by atoms with Crippen LogP contribution in [0.1, 0.15) is 5.56 Å². The molecule has 88 valence electrons. The first-order valence-electron chi connectivity index (χ1n) is 4.61. The molecule has 1 aromatic carbocycles. The Labute approximate surface area is 112 Å². The number of rotatable bonds is 3. The molecule has 17 heavy (non-hydrogen) atoms. The summed E-state index contributed by atoms with van der Waals surface area (Å²) in [6.45, 7) is 0. The van der Waals surface area contributed by atoms with Crippen molar-refractivity contribution in [2.45, 2.75) is 0 Å². The van der Waals surface area contributed by atoms with Crippen molar-refractivity contribution in [3.05, 3.63) is 39.2 Å². The summed E-state index contributed by atoms with van der Waals surface area (Å²) in [5.74, 6) is 0.462. The van der Waals surface area contributed by atoms with E-state index in [4.69, 9.17) is 28.9 Å². The van der Waals surface area contributed by atoms with Gasteiger partial charge in [-0.3, -0.25) is 5.43 Å². The monoisotopic (exact) mass is 286 g/mol. The maximum atomic E-state index is 5.98. The Morgan fingerprint density at radius 1 is 1.35 bits per heavy atom. The molecule has 0 unspecified atom stereocenters. The third-order valence-electron chi connectivity index (χ3n) is 1.88. The van der Waals surface area contributed by atoms with Gasteiger partial charge in [-0.2, -0.15) is 5.10 Å². The number of halogens is 2. The summed E-state index contributed by atoms with van der Waals surface area (Å²) >= 11 is 13.3. The lowest BCUT2D eigenvalue weighted by Gasteiger charge is -2.00. The summed E-state index contributed by atoms with van der Waals surface area (Å²) < 4.78 is 0. The van der Waals surface area contributed by atoms with Crippen molar-refractivity contribution in [2.24, 2.45) is 5.10 Å². The summed E-state index contributed by atoms with van der Waals surface area (Å²) in [4.78, 5) is 3.99. The molecule has 0 aliphatic carbocycles. The van der Waals surface area contributed by atoms with E-state index in [0.717, 1.165) is 0 Å². The molecule has 7 heteroatoms. The average Bonchev–Trinajstić information content (AvgIpc) is 2.69. The number of benzene rings is 1. The second kappa shape index (κ2) is 5.35. The number of nitrogen functional groups attached to an aromatic ring is 1. The largest absolute Gasteiger partial charge is 0.383 e. The first-order valence-corrected chi connectivity index (χ1v) is 6.24. The smallest absolute Gasteiger partial charge is 0.205 e. The molecule has 0 saturated carbocycles. The van der Waals surface area contributed by atoms with Crippen molar-refractivity contribution in [3.63, 3.8) is 0 Å². The molecule has 2 rings (SSSR count). The number of hydrazone groups is 1. The zero-order valence-corrected chi connectivity index (χ0v) is 10.9. The topological polar surface area (TPSA) is 63.3 Å². The van der Waals surface area contributed by atoms with Crippen molar-refractivity contribution in [3.8, 4) is 0 Å². The summed E-state index contributed by atoms with van der Waals surface area (Å²) in [5, 5.41) is 7.42. The third-order valence-corrected chi connectivity index (χ3v) is 3.30. The van der Waals surface area contributed by atoms with Gasteiger partial charge in [0.25, 0.3) is 0 Å². The van der Waals surface area contributed by atoms with Gasteiger partial charge in [0.1, 0.15) is 5.82 Å². The SMILES string of the molecule is Nc1csc(NN=Cc2c(Cl)cccc2Cl)n1. The van der Waals surface area contributed by atoms with Crippen molar-refractivity contribution in [1.82, 2.24) is 4.98 Å². The van der Waals surface area contributed by atoms with E-state index < -0.39 is 0 Å². The molecule has 0 spiro atoms. The van der Waals surface area contributed by atoms with Gasteiger partial charge in [-0.1, -0.05) is 29.3 Å². The molecule has 0 bridgehead atoms. The zero-order chi connectivity index (χ0) is 12.3. The van der Waals surface area contributed by atoms with E-state index in [1.165, 1.54) is 11.3 Å². The lowest BCUT2D eigenvalue weighted by molar-refractivity contribution is 1.29. The minimum Gasteiger partial charge on any atom is -0.383 e. The van der Waals surface area contributed by atoms with E-state index in [9.17, 15) is 0 Å². The Morgan fingerprint density at radius 3 is 2.65 bits per heavy atom. The van der Waals surface area contributed by atoms with Gasteiger partial charge in [0.2, 0.25) is 5.13 Å². The van der Waals surface area contributed by atoms with Crippen LogP contribution in [0, 0.1) is 0 Å². The van der Waals surface area contributed by atoms with Crippen LogP contribution in [-0.4, -0.2) is 11.2 Å². The van der Waals surface area contributed by atoms with E-state index in [1.54, 1.807) is 29.8 Å². The summed E-state index contributed by atoms with van der Waals surface area (Å²) in [6, 6.07) is 5.27. The minimum absolute atomic E-state index is 0.462. The summed E-state index contributed by atoms with van der Waals surface area (Å²) in [5.41, 5.74) is 8.88. The highest BCUT2D eigenvalue weighted by Crippen LogP contribution is 2.22. The Balaban J connectivity index is 2.10. The van der Waals surface area contributed by atoms with E-state index >= 15 is 0 Å². The van der Waals surface area contributed by atoms with Crippen LogP contribution < -0.4 is 11.2 Å². The lowest BCUT2D eigenvalue weighted by atomic mass is 10.2. The van der Waals surface area contributed by atoms with Gasteiger partial charge in [0, 0.05) is 10.9 Å². The summed E-state index contributed by atoms with van der Waals surface area (Å²) in [6.07, 6.45) is 1.54. The zero-order valence-electron chi connectivity index (χ0n) is 8.52. The molecule has 0 amide bonds. The highest BCUT2D eigenvalue weighted by Gasteiger charge is 2.02. The van der Waals surface area contributed by atoms with E-state index in [1.807, 2.05) is 0 Å². The number of nitrogens with two attached hydrogens (primary N) is 1. The highest BCUT2D eigenvalue weighted by molar-refractivity contribution is 7.14. The molecule has 0 fully saturated rings. The maximum absolute atomic E-state index is 5.98. The number of hydrogen-bond donors (Lipinski definition) is 2. The van der Waals surface area contributed by atoms with E-state index in [-0.39, 0.29) is 0 Å². The maximum Gasteiger partial charge on any atom is 0.205 e. The van der Waals surface area contributed by atoms with Crippen LogP contribution in [0.15, 0.2) is 28.7 Å². The van der Waals surface area contributed by atoms with Gasteiger partial charge in [-0.15, -0.1) is 11.3 Å². The van der Waals surface area contributed by atoms with Crippen LogP contribution >= 0.6 is 34.5 Å². The molecule has 1 aromatic heterocycles. The molecule has 0 radical (unpaired) electrons. The average molecular weight is 287 g/mol. The number of hydrogen-bond acceptors (Lipinski definition) is 5. The van der Waals surface area contributed by atoms with Crippen molar-refractivity contribution >= 4 is 51.7 Å². The fourth-order valence-electron chi connectivity index (χ4n) is 1.12. The van der Waals surface area contributed by atoms with Gasteiger partial charge in [-0.25, -0.2) is 4.98 Å². The van der Waals surface area contributed by atoms with Gasteiger partial charge >= 0.3 is 0 Å². The molecule has 2 aromatic rings. The van der Waals surface area contributed by atoms with Crippen molar-refractivity contribution in [2.75, 3.05) is 11.2 Å². The van der Waals surface area contributed by atoms with Crippen LogP contribution in [0.5, 0.6) is 0 Å². The highest BCUT2D eigenvalue weighted by atomic mass is 35.5. The standard InChI is InChI=1S/C10H8Cl2N4S/c11-7-2-1-3-8(12)6(7)4-14-16-10-15-9(13)5-17-10/h1-5H,13H2,(H,15,16). The second-order valence-corrected chi connectivity index (χ2v) is 4.76. The predicted molar refractivity (Wildman–Crippen MR) is 74.2 cm³/mol. The molecular formula is C10H8Cl2N4S. The number of nitrogens with one attached hydrogen (secondary N) is 1.